The van der Waals surface area contributed by atoms with Crippen LogP contribution in [0.4, 0.5) is 13.2 Å². The van der Waals surface area contributed by atoms with Crippen LogP contribution in [0.3, 0.4) is 0 Å². The van der Waals surface area contributed by atoms with Crippen molar-refractivity contribution in [3.8, 4) is 0 Å². The largest absolute Gasteiger partial charge is 0.395 e. The highest BCUT2D eigenvalue weighted by Crippen LogP contribution is 2.35. The van der Waals surface area contributed by atoms with Gasteiger partial charge in [0, 0.05) is 0 Å². The van der Waals surface area contributed by atoms with E-state index in [1.165, 1.54) is 6.08 Å². The van der Waals surface area contributed by atoms with Crippen LogP contribution in [0.15, 0.2) is 23.8 Å². The minimum absolute atomic E-state index is 0.110. The van der Waals surface area contributed by atoms with Crippen LogP contribution >= 0.6 is 0 Å². The second-order valence-electron chi connectivity index (χ2n) is 4.47. The van der Waals surface area contributed by atoms with Gasteiger partial charge in [-0.25, -0.2) is 0 Å². The molecule has 1 atom stereocenters. The summed E-state index contributed by atoms with van der Waals surface area (Å²) in [6, 6.07) is 0. The van der Waals surface area contributed by atoms with Crippen molar-refractivity contribution in [2.24, 2.45) is 11.8 Å². The first-order chi connectivity index (χ1) is 7.57. The third kappa shape index (κ3) is 2.67. The zero-order chi connectivity index (χ0) is 11.6. The number of alkyl halides is 3. The molecular formula is C12H16F3N. The minimum atomic E-state index is -4.09. The highest BCUT2D eigenvalue weighted by atomic mass is 19.4. The van der Waals surface area contributed by atoms with E-state index in [2.05, 4.69) is 5.32 Å². The van der Waals surface area contributed by atoms with Gasteiger partial charge in [0.05, 0.1) is 5.92 Å². The van der Waals surface area contributed by atoms with Gasteiger partial charge in [-0.05, 0) is 43.8 Å². The SMILES string of the molecule is FC(F)(F)C1C=CC(C2CCNCC2)=CC1. The molecule has 1 aliphatic carbocycles. The summed E-state index contributed by atoms with van der Waals surface area (Å²) in [5, 5.41) is 3.26. The van der Waals surface area contributed by atoms with Crippen LogP contribution in [0, 0.1) is 11.8 Å². The van der Waals surface area contributed by atoms with E-state index in [0.29, 0.717) is 5.92 Å². The average Bonchev–Trinajstić information content (AvgIpc) is 2.29. The van der Waals surface area contributed by atoms with Gasteiger partial charge in [-0.2, -0.15) is 13.2 Å². The van der Waals surface area contributed by atoms with Gasteiger partial charge in [0.25, 0.3) is 0 Å². The highest BCUT2D eigenvalue weighted by Gasteiger charge is 2.38. The Morgan fingerprint density at radius 2 is 1.88 bits per heavy atom. The topological polar surface area (TPSA) is 12.0 Å². The first-order valence-corrected chi connectivity index (χ1v) is 5.73. The number of rotatable bonds is 1. The lowest BCUT2D eigenvalue weighted by molar-refractivity contribution is -0.160. The van der Waals surface area contributed by atoms with Crippen LogP contribution in [0.5, 0.6) is 0 Å². The maximum atomic E-state index is 12.4. The van der Waals surface area contributed by atoms with E-state index in [0.717, 1.165) is 31.5 Å². The summed E-state index contributed by atoms with van der Waals surface area (Å²) in [5.74, 6) is -0.829. The van der Waals surface area contributed by atoms with Crippen molar-refractivity contribution in [1.29, 1.82) is 0 Å². The standard InChI is InChI=1S/C12H16F3N/c13-12(14,15)11-3-1-9(2-4-11)10-5-7-16-8-6-10/h1-3,10-11,16H,4-8H2. The Hall–Kier alpha value is -0.770. The van der Waals surface area contributed by atoms with Gasteiger partial charge in [0.1, 0.15) is 0 Å². The molecule has 1 heterocycles. The zero-order valence-electron chi connectivity index (χ0n) is 9.06. The van der Waals surface area contributed by atoms with Gasteiger partial charge in [0.15, 0.2) is 0 Å². The second-order valence-corrected chi connectivity index (χ2v) is 4.47. The molecule has 2 rings (SSSR count). The number of allylic oxidation sites excluding steroid dienone is 4. The number of hydrogen-bond donors (Lipinski definition) is 1. The van der Waals surface area contributed by atoms with Gasteiger partial charge in [-0.1, -0.05) is 18.2 Å². The lowest BCUT2D eigenvalue weighted by atomic mass is 9.84. The molecule has 1 unspecified atom stereocenters. The maximum Gasteiger partial charge on any atom is 0.395 e. The van der Waals surface area contributed by atoms with Crippen molar-refractivity contribution in [3.63, 3.8) is 0 Å². The molecular weight excluding hydrogens is 215 g/mol. The van der Waals surface area contributed by atoms with E-state index < -0.39 is 12.1 Å². The van der Waals surface area contributed by atoms with Crippen LogP contribution in [0.1, 0.15) is 19.3 Å². The molecule has 1 fully saturated rings. The Morgan fingerprint density at radius 3 is 2.38 bits per heavy atom. The normalized spacial score (nSPS) is 27.9. The Balaban J connectivity index is 1.96. The molecule has 1 aliphatic heterocycles. The molecule has 0 aromatic carbocycles. The van der Waals surface area contributed by atoms with Crippen LogP contribution in [-0.4, -0.2) is 19.3 Å². The van der Waals surface area contributed by atoms with Gasteiger partial charge in [0.2, 0.25) is 0 Å². The summed E-state index contributed by atoms with van der Waals surface area (Å²) >= 11 is 0. The molecule has 0 aromatic heterocycles. The van der Waals surface area contributed by atoms with Crippen LogP contribution in [-0.2, 0) is 0 Å². The fraction of sp³-hybridized carbons (Fsp3) is 0.667. The number of nitrogens with one attached hydrogen (secondary N) is 1. The van der Waals surface area contributed by atoms with E-state index >= 15 is 0 Å². The Morgan fingerprint density at radius 1 is 1.19 bits per heavy atom. The van der Waals surface area contributed by atoms with Gasteiger partial charge in [-0.15, -0.1) is 0 Å². The zero-order valence-corrected chi connectivity index (χ0v) is 9.06. The van der Waals surface area contributed by atoms with Crippen molar-refractivity contribution in [2.75, 3.05) is 13.1 Å². The fourth-order valence-corrected chi connectivity index (χ4v) is 2.34. The first-order valence-electron chi connectivity index (χ1n) is 5.73. The van der Waals surface area contributed by atoms with E-state index in [9.17, 15) is 13.2 Å². The van der Waals surface area contributed by atoms with Crippen molar-refractivity contribution < 1.29 is 13.2 Å². The first kappa shape index (κ1) is 11.7. The number of hydrogen-bond acceptors (Lipinski definition) is 1. The molecule has 4 heteroatoms. The lowest BCUT2D eigenvalue weighted by Gasteiger charge is -2.27. The van der Waals surface area contributed by atoms with Crippen LogP contribution in [0.2, 0.25) is 0 Å². The van der Waals surface area contributed by atoms with Crippen molar-refractivity contribution in [3.05, 3.63) is 23.8 Å². The van der Waals surface area contributed by atoms with E-state index in [4.69, 9.17) is 0 Å². The van der Waals surface area contributed by atoms with Gasteiger partial charge >= 0.3 is 6.18 Å². The molecule has 90 valence electrons. The van der Waals surface area contributed by atoms with Crippen molar-refractivity contribution in [1.82, 2.24) is 5.32 Å². The molecule has 0 radical (unpaired) electrons. The maximum absolute atomic E-state index is 12.4. The van der Waals surface area contributed by atoms with Gasteiger partial charge in [-0.3, -0.25) is 0 Å². The third-order valence-corrected chi connectivity index (χ3v) is 3.36. The molecule has 0 bridgehead atoms. The van der Waals surface area contributed by atoms with Crippen molar-refractivity contribution in [2.45, 2.75) is 25.4 Å². The minimum Gasteiger partial charge on any atom is -0.317 e. The predicted molar refractivity (Wildman–Crippen MR) is 57.0 cm³/mol. The lowest BCUT2D eigenvalue weighted by Crippen LogP contribution is -2.29. The molecule has 0 spiro atoms. The molecule has 16 heavy (non-hydrogen) atoms. The molecule has 1 saturated heterocycles. The summed E-state index contributed by atoms with van der Waals surface area (Å²) in [6.45, 7) is 1.94. The second kappa shape index (κ2) is 4.62. The molecule has 1 nitrogen and oxygen atoms in total. The van der Waals surface area contributed by atoms with E-state index in [1.807, 2.05) is 0 Å². The smallest absolute Gasteiger partial charge is 0.317 e. The molecule has 1 N–H and O–H groups in total. The van der Waals surface area contributed by atoms with E-state index in [1.54, 1.807) is 12.2 Å². The van der Waals surface area contributed by atoms with E-state index in [-0.39, 0.29) is 6.42 Å². The Labute approximate surface area is 93.4 Å². The molecule has 2 aliphatic rings. The average molecular weight is 231 g/mol. The summed E-state index contributed by atoms with van der Waals surface area (Å²) in [7, 11) is 0. The fourth-order valence-electron chi connectivity index (χ4n) is 2.34. The van der Waals surface area contributed by atoms with Crippen molar-refractivity contribution >= 4 is 0 Å². The molecule has 0 saturated carbocycles. The highest BCUT2D eigenvalue weighted by molar-refractivity contribution is 5.27. The molecule has 0 aromatic rings. The number of halogens is 3. The third-order valence-electron chi connectivity index (χ3n) is 3.36. The summed E-state index contributed by atoms with van der Waals surface area (Å²) in [6.07, 6.45) is 2.86. The van der Waals surface area contributed by atoms with Crippen LogP contribution in [0.25, 0.3) is 0 Å². The number of piperidine rings is 1. The monoisotopic (exact) mass is 231 g/mol. The quantitative estimate of drug-likeness (QED) is 0.731. The van der Waals surface area contributed by atoms with Crippen LogP contribution < -0.4 is 5.32 Å². The summed E-state index contributed by atoms with van der Waals surface area (Å²) in [4.78, 5) is 0. The summed E-state index contributed by atoms with van der Waals surface area (Å²) < 4.78 is 37.3. The Kier molecular flexibility index (Phi) is 3.38. The Bertz CT molecular complexity index is 298. The predicted octanol–water partition coefficient (Wildman–Crippen LogP) is 3.05. The van der Waals surface area contributed by atoms with Gasteiger partial charge < -0.3 is 5.32 Å². The summed E-state index contributed by atoms with van der Waals surface area (Å²) in [5.41, 5.74) is 1.10. The molecule has 0 amide bonds.